The monoisotopic (exact) mass is 279 g/mol. The molecule has 1 aromatic carbocycles. The zero-order chi connectivity index (χ0) is 14.1. The van der Waals surface area contributed by atoms with Crippen LogP contribution in [0.1, 0.15) is 6.42 Å². The topological polar surface area (TPSA) is 94.9 Å². The summed E-state index contributed by atoms with van der Waals surface area (Å²) in [6.07, 6.45) is -1.74. The van der Waals surface area contributed by atoms with Crippen molar-refractivity contribution in [3.63, 3.8) is 0 Å². The number of hydrogen-bond acceptors (Lipinski definition) is 5. The van der Waals surface area contributed by atoms with Crippen molar-refractivity contribution in [3.05, 3.63) is 30.5 Å². The number of aromatic nitrogens is 1. The number of para-hydroxylation sites is 1. The van der Waals surface area contributed by atoms with Gasteiger partial charge >= 0.3 is 0 Å². The van der Waals surface area contributed by atoms with Crippen LogP contribution >= 0.6 is 0 Å². The number of rotatable bonds is 3. The number of aromatic amines is 1. The van der Waals surface area contributed by atoms with Gasteiger partial charge in [-0.2, -0.15) is 0 Å². The van der Waals surface area contributed by atoms with Gasteiger partial charge in [-0.3, -0.25) is 0 Å². The van der Waals surface area contributed by atoms with Crippen LogP contribution in [0.3, 0.4) is 0 Å². The summed E-state index contributed by atoms with van der Waals surface area (Å²) >= 11 is 0. The van der Waals surface area contributed by atoms with E-state index in [1.165, 1.54) is 0 Å². The maximum Gasteiger partial charge on any atom is 0.203 e. The van der Waals surface area contributed by atoms with Crippen LogP contribution in [0.5, 0.6) is 5.75 Å². The molecule has 3 rings (SSSR count). The van der Waals surface area contributed by atoms with Gasteiger partial charge in [0.25, 0.3) is 0 Å². The maximum atomic E-state index is 9.76. The van der Waals surface area contributed by atoms with Crippen molar-refractivity contribution in [2.45, 2.75) is 31.0 Å². The van der Waals surface area contributed by atoms with Gasteiger partial charge in [-0.1, -0.05) is 12.1 Å². The predicted octanol–water partition coefficient (Wildman–Crippen LogP) is 0.376. The summed E-state index contributed by atoms with van der Waals surface area (Å²) in [6, 6.07) is 7.67. The van der Waals surface area contributed by atoms with Crippen LogP contribution in [-0.4, -0.2) is 51.5 Å². The number of aliphatic hydroxyl groups excluding tert-OH is 3. The van der Waals surface area contributed by atoms with Crippen molar-refractivity contribution in [2.75, 3.05) is 6.61 Å². The standard InChI is InChI=1S/C14H17NO5/c16-7-12-14(18)10(17)5-13(20-12)19-11-6-15-9-4-2-1-3-8(9)11/h1-4,6,10,12-18H,5,7H2/t10-,12?,13-,14-/m1/s1. The molecule has 2 aromatic rings. The molecule has 4 atom stereocenters. The van der Waals surface area contributed by atoms with Gasteiger partial charge in [0.2, 0.25) is 6.29 Å². The van der Waals surface area contributed by atoms with Gasteiger partial charge in [-0.05, 0) is 12.1 Å². The smallest absolute Gasteiger partial charge is 0.203 e. The number of H-pyrrole nitrogens is 1. The summed E-state index contributed by atoms with van der Waals surface area (Å²) in [5, 5.41) is 29.5. The molecule has 2 heterocycles. The fourth-order valence-electron chi connectivity index (χ4n) is 2.43. The summed E-state index contributed by atoms with van der Waals surface area (Å²) in [5.41, 5.74) is 0.942. The molecule has 1 aliphatic heterocycles. The van der Waals surface area contributed by atoms with Crippen molar-refractivity contribution in [1.29, 1.82) is 0 Å². The van der Waals surface area contributed by atoms with Gasteiger partial charge in [0.15, 0.2) is 0 Å². The number of fused-ring (bicyclic) bond motifs is 1. The normalized spacial score (nSPS) is 30.6. The van der Waals surface area contributed by atoms with Crippen molar-refractivity contribution in [1.82, 2.24) is 4.98 Å². The lowest BCUT2D eigenvalue weighted by Gasteiger charge is -2.35. The number of ether oxygens (including phenoxy) is 2. The molecule has 4 N–H and O–H groups in total. The second kappa shape index (κ2) is 5.41. The van der Waals surface area contributed by atoms with Crippen molar-refractivity contribution < 1.29 is 24.8 Å². The lowest BCUT2D eigenvalue weighted by Crippen LogP contribution is -2.51. The third-order valence-electron chi connectivity index (χ3n) is 3.53. The van der Waals surface area contributed by atoms with Gasteiger partial charge in [-0.15, -0.1) is 0 Å². The van der Waals surface area contributed by atoms with Crippen LogP contribution in [0.15, 0.2) is 30.5 Å². The fourth-order valence-corrected chi connectivity index (χ4v) is 2.43. The van der Waals surface area contributed by atoms with E-state index in [0.717, 1.165) is 10.9 Å². The average molecular weight is 279 g/mol. The molecular formula is C14H17NO5. The summed E-state index contributed by atoms with van der Waals surface area (Å²) in [5.74, 6) is 0.617. The second-order valence-corrected chi connectivity index (χ2v) is 4.90. The molecule has 0 spiro atoms. The molecule has 1 aliphatic rings. The van der Waals surface area contributed by atoms with E-state index in [1.807, 2.05) is 24.3 Å². The molecule has 1 unspecified atom stereocenters. The van der Waals surface area contributed by atoms with Gasteiger partial charge in [0.1, 0.15) is 18.0 Å². The predicted molar refractivity (Wildman–Crippen MR) is 71.3 cm³/mol. The second-order valence-electron chi connectivity index (χ2n) is 4.90. The van der Waals surface area contributed by atoms with Gasteiger partial charge in [0, 0.05) is 23.5 Å². The molecule has 0 aliphatic carbocycles. The Bertz CT molecular complexity index is 584. The minimum absolute atomic E-state index is 0.150. The quantitative estimate of drug-likeness (QED) is 0.651. The number of hydrogen-bond donors (Lipinski definition) is 4. The van der Waals surface area contributed by atoms with E-state index in [0.29, 0.717) is 5.75 Å². The van der Waals surface area contributed by atoms with Crippen LogP contribution in [0.4, 0.5) is 0 Å². The number of nitrogens with one attached hydrogen (secondary N) is 1. The third-order valence-corrected chi connectivity index (χ3v) is 3.53. The van der Waals surface area contributed by atoms with E-state index >= 15 is 0 Å². The largest absolute Gasteiger partial charge is 0.463 e. The zero-order valence-electron chi connectivity index (χ0n) is 10.8. The Morgan fingerprint density at radius 2 is 2.10 bits per heavy atom. The molecule has 0 radical (unpaired) electrons. The zero-order valence-corrected chi connectivity index (χ0v) is 10.8. The highest BCUT2D eigenvalue weighted by molar-refractivity contribution is 5.85. The summed E-state index contributed by atoms with van der Waals surface area (Å²) < 4.78 is 11.2. The molecule has 1 fully saturated rings. The molecule has 1 saturated heterocycles. The highest BCUT2D eigenvalue weighted by Crippen LogP contribution is 2.29. The van der Waals surface area contributed by atoms with Crippen molar-refractivity contribution in [2.24, 2.45) is 0 Å². The molecule has 1 aromatic heterocycles. The van der Waals surface area contributed by atoms with E-state index < -0.39 is 24.6 Å². The van der Waals surface area contributed by atoms with Crippen LogP contribution in [0.25, 0.3) is 10.9 Å². The number of benzene rings is 1. The molecular weight excluding hydrogens is 262 g/mol. The third kappa shape index (κ3) is 2.38. The van der Waals surface area contributed by atoms with Crippen LogP contribution < -0.4 is 4.74 Å². The van der Waals surface area contributed by atoms with Crippen LogP contribution in [-0.2, 0) is 4.74 Å². The first-order chi connectivity index (χ1) is 9.69. The van der Waals surface area contributed by atoms with Gasteiger partial charge in [-0.25, -0.2) is 0 Å². The highest BCUT2D eigenvalue weighted by Gasteiger charge is 2.37. The van der Waals surface area contributed by atoms with E-state index in [9.17, 15) is 10.2 Å². The van der Waals surface area contributed by atoms with E-state index in [4.69, 9.17) is 14.6 Å². The Morgan fingerprint density at radius 3 is 2.90 bits per heavy atom. The lowest BCUT2D eigenvalue weighted by molar-refractivity contribution is -0.229. The van der Waals surface area contributed by atoms with Gasteiger partial charge < -0.3 is 29.8 Å². The molecule has 6 heteroatoms. The Balaban J connectivity index is 1.77. The Morgan fingerprint density at radius 1 is 1.30 bits per heavy atom. The van der Waals surface area contributed by atoms with E-state index in [-0.39, 0.29) is 13.0 Å². The SMILES string of the molecule is OCC1O[C@@H](Oc2c[nH]c3ccccc23)C[C@@H](O)[C@H]1O. The summed E-state index contributed by atoms with van der Waals surface area (Å²) in [7, 11) is 0. The minimum Gasteiger partial charge on any atom is -0.463 e. The first-order valence-corrected chi connectivity index (χ1v) is 6.54. The van der Waals surface area contributed by atoms with Crippen LogP contribution in [0, 0.1) is 0 Å². The highest BCUT2D eigenvalue weighted by atomic mass is 16.7. The molecule has 0 saturated carbocycles. The first-order valence-electron chi connectivity index (χ1n) is 6.54. The van der Waals surface area contributed by atoms with E-state index in [1.54, 1.807) is 6.20 Å². The van der Waals surface area contributed by atoms with Crippen LogP contribution in [0.2, 0.25) is 0 Å². The van der Waals surface area contributed by atoms with Crippen molar-refractivity contribution >= 4 is 10.9 Å². The fraction of sp³-hybridized carbons (Fsp3) is 0.429. The number of aliphatic hydroxyl groups is 3. The average Bonchev–Trinajstić information content (AvgIpc) is 2.86. The molecule has 0 amide bonds. The molecule has 0 bridgehead atoms. The van der Waals surface area contributed by atoms with Gasteiger partial charge in [0.05, 0.1) is 12.7 Å². The minimum atomic E-state index is -1.09. The summed E-state index contributed by atoms with van der Waals surface area (Å²) in [6.45, 7) is -0.369. The first kappa shape index (κ1) is 13.4. The van der Waals surface area contributed by atoms with E-state index in [2.05, 4.69) is 4.98 Å². The summed E-state index contributed by atoms with van der Waals surface area (Å²) in [4.78, 5) is 3.08. The van der Waals surface area contributed by atoms with Crippen molar-refractivity contribution in [3.8, 4) is 5.75 Å². The maximum absolute atomic E-state index is 9.76. The Hall–Kier alpha value is -1.60. The Labute approximate surface area is 115 Å². The molecule has 20 heavy (non-hydrogen) atoms. The molecule has 6 nitrogen and oxygen atoms in total. The molecule has 108 valence electrons. The lowest BCUT2D eigenvalue weighted by atomic mass is 10.0. The Kier molecular flexibility index (Phi) is 3.62.